The van der Waals surface area contributed by atoms with Crippen LogP contribution in [0, 0.1) is 0 Å². The zero-order chi connectivity index (χ0) is 20.6. The van der Waals surface area contributed by atoms with Crippen LogP contribution in [-0.4, -0.2) is 73.7 Å². The van der Waals surface area contributed by atoms with E-state index < -0.39 is 0 Å². The molecule has 0 saturated carbocycles. The smallest absolute Gasteiger partial charge is 0.251 e. The summed E-state index contributed by atoms with van der Waals surface area (Å²) in [6.45, 7) is 9.14. The third kappa shape index (κ3) is 7.09. The van der Waals surface area contributed by atoms with Crippen LogP contribution in [0.15, 0.2) is 29.3 Å². The third-order valence-corrected chi connectivity index (χ3v) is 5.36. The molecule has 2 aliphatic heterocycles. The number of halogens is 1. The average Bonchev–Trinajstić information content (AvgIpc) is 3.28. The molecule has 2 fully saturated rings. The molecule has 30 heavy (non-hydrogen) atoms. The van der Waals surface area contributed by atoms with Gasteiger partial charge in [-0.25, -0.2) is 0 Å². The number of carbonyl (C=O) groups excluding carboxylic acids is 1. The number of hydrogen-bond donors (Lipinski definition) is 1. The Hall–Kier alpha value is -1.39. The Balaban J connectivity index is 0.00000320. The minimum absolute atomic E-state index is 0. The lowest BCUT2D eigenvalue weighted by atomic mass is 10.1. The van der Waals surface area contributed by atoms with Gasteiger partial charge < -0.3 is 24.6 Å². The maximum Gasteiger partial charge on any atom is 0.251 e. The van der Waals surface area contributed by atoms with Crippen LogP contribution in [0.3, 0.4) is 0 Å². The van der Waals surface area contributed by atoms with Gasteiger partial charge in [-0.3, -0.25) is 9.79 Å². The van der Waals surface area contributed by atoms with Crippen molar-refractivity contribution in [1.29, 1.82) is 0 Å². The Bertz CT molecular complexity index is 682. The summed E-state index contributed by atoms with van der Waals surface area (Å²) < 4.78 is 11.2. The number of carbonyl (C=O) groups is 1. The molecule has 0 bridgehead atoms. The topological polar surface area (TPSA) is 66.4 Å². The summed E-state index contributed by atoms with van der Waals surface area (Å²) in [5.74, 6) is 1.02. The van der Waals surface area contributed by atoms with Crippen molar-refractivity contribution in [1.82, 2.24) is 15.1 Å². The number of rotatable bonds is 6. The highest BCUT2D eigenvalue weighted by Gasteiger charge is 2.30. The zero-order valence-corrected chi connectivity index (χ0v) is 20.6. The van der Waals surface area contributed by atoms with Gasteiger partial charge in [0, 0.05) is 46.4 Å². The van der Waals surface area contributed by atoms with Crippen molar-refractivity contribution in [3.05, 3.63) is 35.4 Å². The molecular weight excluding hydrogens is 495 g/mol. The maximum absolute atomic E-state index is 12.5. The standard InChI is InChI=1S/C22H34N4O3.HI/c1-17(2)29-16-19-8-6-18(7-9-19)15-24-22(23-3)26-12-10-25(11-13-26)21(27)20-5-4-14-28-20;/h6-9,17,20H,4-5,10-16H2,1-3H3,(H,23,24);1H. The van der Waals surface area contributed by atoms with Crippen molar-refractivity contribution in [2.75, 3.05) is 39.8 Å². The maximum atomic E-state index is 12.5. The number of benzene rings is 1. The van der Waals surface area contributed by atoms with Crippen LogP contribution >= 0.6 is 24.0 Å². The highest BCUT2D eigenvalue weighted by Crippen LogP contribution is 2.16. The lowest BCUT2D eigenvalue weighted by Crippen LogP contribution is -2.55. The van der Waals surface area contributed by atoms with Crippen molar-refractivity contribution < 1.29 is 14.3 Å². The highest BCUT2D eigenvalue weighted by atomic mass is 127. The second-order valence-corrected chi connectivity index (χ2v) is 7.89. The molecule has 0 aliphatic carbocycles. The normalized spacial score (nSPS) is 19.7. The van der Waals surface area contributed by atoms with Gasteiger partial charge in [0.2, 0.25) is 0 Å². The summed E-state index contributed by atoms with van der Waals surface area (Å²) in [7, 11) is 1.80. The van der Waals surface area contributed by atoms with E-state index in [1.807, 2.05) is 18.7 Å². The van der Waals surface area contributed by atoms with Gasteiger partial charge in [-0.2, -0.15) is 0 Å². The molecule has 3 rings (SSSR count). The summed E-state index contributed by atoms with van der Waals surface area (Å²) >= 11 is 0. The van der Waals surface area contributed by atoms with Gasteiger partial charge >= 0.3 is 0 Å². The molecular formula is C22H35IN4O3. The molecule has 0 radical (unpaired) electrons. The zero-order valence-electron chi connectivity index (χ0n) is 18.3. The third-order valence-electron chi connectivity index (χ3n) is 5.36. The number of amides is 1. The summed E-state index contributed by atoms with van der Waals surface area (Å²) in [6.07, 6.45) is 1.84. The number of ether oxygens (including phenoxy) is 2. The van der Waals surface area contributed by atoms with E-state index in [1.165, 1.54) is 11.1 Å². The molecule has 1 N–H and O–H groups in total. The van der Waals surface area contributed by atoms with Gasteiger partial charge in [-0.05, 0) is 37.8 Å². The molecule has 2 saturated heterocycles. The molecule has 1 unspecified atom stereocenters. The Morgan fingerprint density at radius 1 is 1.17 bits per heavy atom. The van der Waals surface area contributed by atoms with Crippen LogP contribution in [0.5, 0.6) is 0 Å². The molecule has 1 atom stereocenters. The number of guanidine groups is 1. The minimum Gasteiger partial charge on any atom is -0.374 e. The Kier molecular flexibility index (Phi) is 10.3. The summed E-state index contributed by atoms with van der Waals surface area (Å²) in [4.78, 5) is 21.1. The lowest BCUT2D eigenvalue weighted by Gasteiger charge is -2.37. The van der Waals surface area contributed by atoms with Crippen LogP contribution in [-0.2, 0) is 27.4 Å². The Morgan fingerprint density at radius 3 is 2.37 bits per heavy atom. The van der Waals surface area contributed by atoms with Crippen LogP contribution < -0.4 is 5.32 Å². The molecule has 0 aromatic heterocycles. The van der Waals surface area contributed by atoms with Gasteiger partial charge in [0.1, 0.15) is 6.10 Å². The van der Waals surface area contributed by atoms with Crippen LogP contribution in [0.2, 0.25) is 0 Å². The van der Waals surface area contributed by atoms with Gasteiger partial charge in [-0.15, -0.1) is 24.0 Å². The SMILES string of the molecule is CN=C(NCc1ccc(COC(C)C)cc1)N1CCN(C(=O)C2CCCO2)CC1.I. The van der Waals surface area contributed by atoms with Gasteiger partial charge in [0.25, 0.3) is 5.91 Å². The fraction of sp³-hybridized carbons (Fsp3) is 0.636. The molecule has 1 aromatic rings. The molecule has 1 amide bonds. The number of piperazine rings is 1. The van der Waals surface area contributed by atoms with E-state index in [9.17, 15) is 4.79 Å². The van der Waals surface area contributed by atoms with E-state index in [2.05, 4.69) is 39.5 Å². The van der Waals surface area contributed by atoms with Crippen LogP contribution in [0.25, 0.3) is 0 Å². The van der Waals surface area contributed by atoms with E-state index in [4.69, 9.17) is 9.47 Å². The van der Waals surface area contributed by atoms with Crippen LogP contribution in [0.1, 0.15) is 37.8 Å². The number of aliphatic imine (C=N–C) groups is 1. The summed E-state index contributed by atoms with van der Waals surface area (Å²) in [6, 6.07) is 8.46. The van der Waals surface area contributed by atoms with Gasteiger partial charge in [-0.1, -0.05) is 24.3 Å². The van der Waals surface area contributed by atoms with Crippen molar-refractivity contribution in [2.45, 2.75) is 52.0 Å². The van der Waals surface area contributed by atoms with Crippen molar-refractivity contribution in [2.24, 2.45) is 4.99 Å². The van der Waals surface area contributed by atoms with Crippen molar-refractivity contribution in [3.8, 4) is 0 Å². The van der Waals surface area contributed by atoms with Crippen molar-refractivity contribution in [3.63, 3.8) is 0 Å². The molecule has 2 heterocycles. The first kappa shape index (κ1) is 24.9. The predicted molar refractivity (Wildman–Crippen MR) is 129 cm³/mol. The first-order valence-corrected chi connectivity index (χ1v) is 10.6. The number of nitrogens with zero attached hydrogens (tertiary/aromatic N) is 3. The Labute approximate surface area is 197 Å². The van der Waals surface area contributed by atoms with E-state index in [1.54, 1.807) is 7.05 Å². The fourth-order valence-electron chi connectivity index (χ4n) is 3.64. The van der Waals surface area contributed by atoms with E-state index >= 15 is 0 Å². The first-order chi connectivity index (χ1) is 14.1. The minimum atomic E-state index is -0.229. The van der Waals surface area contributed by atoms with E-state index in [0.717, 1.165) is 31.9 Å². The summed E-state index contributed by atoms with van der Waals surface area (Å²) in [5.41, 5.74) is 2.38. The molecule has 0 spiro atoms. The van der Waals surface area contributed by atoms with Gasteiger partial charge in [0.15, 0.2) is 5.96 Å². The second kappa shape index (κ2) is 12.5. The molecule has 8 heteroatoms. The predicted octanol–water partition coefficient (Wildman–Crippen LogP) is 2.63. The largest absolute Gasteiger partial charge is 0.374 e. The molecule has 168 valence electrons. The van der Waals surface area contributed by atoms with E-state index in [-0.39, 0.29) is 42.1 Å². The molecule has 1 aromatic carbocycles. The summed E-state index contributed by atoms with van der Waals surface area (Å²) in [5, 5.41) is 3.44. The quantitative estimate of drug-likeness (QED) is 0.348. The van der Waals surface area contributed by atoms with E-state index in [0.29, 0.717) is 32.8 Å². The highest BCUT2D eigenvalue weighted by molar-refractivity contribution is 14.0. The van der Waals surface area contributed by atoms with Crippen molar-refractivity contribution >= 4 is 35.8 Å². The monoisotopic (exact) mass is 530 g/mol. The molecule has 7 nitrogen and oxygen atoms in total. The lowest BCUT2D eigenvalue weighted by molar-refractivity contribution is -0.142. The van der Waals surface area contributed by atoms with Gasteiger partial charge in [0.05, 0.1) is 12.7 Å². The fourth-order valence-corrected chi connectivity index (χ4v) is 3.64. The Morgan fingerprint density at radius 2 is 1.80 bits per heavy atom. The average molecular weight is 530 g/mol. The number of nitrogens with one attached hydrogen (secondary N) is 1. The second-order valence-electron chi connectivity index (χ2n) is 7.89. The molecule has 2 aliphatic rings. The van der Waals surface area contributed by atoms with Crippen LogP contribution in [0.4, 0.5) is 0 Å². The first-order valence-electron chi connectivity index (χ1n) is 10.6. The number of hydrogen-bond acceptors (Lipinski definition) is 4.